The zero-order valence-electron chi connectivity index (χ0n) is 12.0. The zero-order valence-corrected chi connectivity index (χ0v) is 12.0. The molecule has 0 radical (unpaired) electrons. The van der Waals surface area contributed by atoms with Gasteiger partial charge in [0.15, 0.2) is 0 Å². The molecule has 0 bridgehead atoms. The zero-order chi connectivity index (χ0) is 14.0. The van der Waals surface area contributed by atoms with Crippen molar-refractivity contribution in [3.05, 3.63) is 23.8 Å². The molecule has 1 saturated heterocycles. The van der Waals surface area contributed by atoms with Gasteiger partial charge in [-0.25, -0.2) is 0 Å². The second-order valence-electron chi connectivity index (χ2n) is 5.48. The third kappa shape index (κ3) is 2.83. The van der Waals surface area contributed by atoms with Crippen LogP contribution in [-0.4, -0.2) is 38.0 Å². The van der Waals surface area contributed by atoms with Crippen LogP contribution in [0.2, 0.25) is 0 Å². The van der Waals surface area contributed by atoms with Gasteiger partial charge in [-0.2, -0.15) is 0 Å². The number of benzene rings is 1. The summed E-state index contributed by atoms with van der Waals surface area (Å²) < 4.78 is 0. The maximum Gasteiger partial charge on any atom is 0.253 e. The molecule has 0 spiro atoms. The Morgan fingerprint density at radius 3 is 2.74 bits per heavy atom. The molecule has 4 heteroatoms. The molecule has 0 aliphatic carbocycles. The minimum Gasteiger partial charge on any atom is -0.397 e. The summed E-state index contributed by atoms with van der Waals surface area (Å²) in [5, 5.41) is 0. The van der Waals surface area contributed by atoms with Crippen LogP contribution in [0.15, 0.2) is 18.2 Å². The molecule has 104 valence electrons. The van der Waals surface area contributed by atoms with Crippen molar-refractivity contribution >= 4 is 17.3 Å². The number of hydrogen-bond donors (Lipinski definition) is 1. The molecular formula is C15H23N3O. The average molecular weight is 261 g/mol. The fourth-order valence-corrected chi connectivity index (χ4v) is 2.62. The van der Waals surface area contributed by atoms with Crippen LogP contribution in [-0.2, 0) is 0 Å². The van der Waals surface area contributed by atoms with Gasteiger partial charge < -0.3 is 15.5 Å². The largest absolute Gasteiger partial charge is 0.397 e. The smallest absolute Gasteiger partial charge is 0.253 e. The third-order valence-corrected chi connectivity index (χ3v) is 3.88. The van der Waals surface area contributed by atoms with E-state index in [0.717, 1.165) is 24.7 Å². The first-order chi connectivity index (χ1) is 9.02. The molecule has 0 saturated carbocycles. The van der Waals surface area contributed by atoms with E-state index in [-0.39, 0.29) is 5.91 Å². The summed E-state index contributed by atoms with van der Waals surface area (Å²) in [4.78, 5) is 15.8. The molecule has 0 aromatic heterocycles. The highest BCUT2D eigenvalue weighted by molar-refractivity contribution is 5.95. The van der Waals surface area contributed by atoms with Crippen molar-refractivity contribution in [1.29, 1.82) is 0 Å². The molecule has 4 nitrogen and oxygen atoms in total. The first-order valence-electron chi connectivity index (χ1n) is 6.89. The molecule has 2 rings (SSSR count). The van der Waals surface area contributed by atoms with Crippen LogP contribution in [0.5, 0.6) is 0 Å². The van der Waals surface area contributed by atoms with Crippen molar-refractivity contribution in [3.8, 4) is 0 Å². The lowest BCUT2D eigenvalue weighted by atomic mass is 10.1. The van der Waals surface area contributed by atoms with E-state index in [0.29, 0.717) is 11.3 Å². The summed E-state index contributed by atoms with van der Waals surface area (Å²) in [7, 11) is 3.50. The van der Waals surface area contributed by atoms with Gasteiger partial charge in [-0.15, -0.1) is 0 Å². The fraction of sp³-hybridized carbons (Fsp3) is 0.533. The maximum absolute atomic E-state index is 11.9. The van der Waals surface area contributed by atoms with E-state index in [2.05, 4.69) is 11.8 Å². The summed E-state index contributed by atoms with van der Waals surface area (Å²) in [6.45, 7) is 4.36. The van der Waals surface area contributed by atoms with Crippen molar-refractivity contribution in [2.45, 2.75) is 19.8 Å². The van der Waals surface area contributed by atoms with E-state index < -0.39 is 0 Å². The molecule has 1 aliphatic rings. The third-order valence-electron chi connectivity index (χ3n) is 3.88. The van der Waals surface area contributed by atoms with Crippen molar-refractivity contribution in [3.63, 3.8) is 0 Å². The van der Waals surface area contributed by atoms with E-state index in [1.54, 1.807) is 25.1 Å². The normalized spacial score (nSPS) is 18.7. The Bertz CT molecular complexity index is 470. The second kappa shape index (κ2) is 5.51. The second-order valence-corrected chi connectivity index (χ2v) is 5.48. The maximum atomic E-state index is 11.9. The molecule has 1 aliphatic heterocycles. The minimum atomic E-state index is -0.00823. The van der Waals surface area contributed by atoms with Crippen LogP contribution >= 0.6 is 0 Å². The number of hydrogen-bond acceptors (Lipinski definition) is 3. The first kappa shape index (κ1) is 13.7. The predicted molar refractivity (Wildman–Crippen MR) is 79.5 cm³/mol. The number of anilines is 2. The molecule has 1 unspecified atom stereocenters. The summed E-state index contributed by atoms with van der Waals surface area (Å²) >= 11 is 0. The van der Waals surface area contributed by atoms with Crippen LogP contribution in [0, 0.1) is 5.92 Å². The molecule has 1 aromatic rings. The number of nitrogen functional groups attached to an aromatic ring is 1. The van der Waals surface area contributed by atoms with Gasteiger partial charge in [-0.3, -0.25) is 4.79 Å². The topological polar surface area (TPSA) is 49.6 Å². The van der Waals surface area contributed by atoms with Gasteiger partial charge in [0.2, 0.25) is 0 Å². The number of nitrogens with two attached hydrogens (primary N) is 1. The highest BCUT2D eigenvalue weighted by atomic mass is 16.2. The highest BCUT2D eigenvalue weighted by Gasteiger charge is 2.23. The van der Waals surface area contributed by atoms with E-state index in [1.807, 2.05) is 12.1 Å². The van der Waals surface area contributed by atoms with Gasteiger partial charge in [0.25, 0.3) is 5.91 Å². The van der Waals surface area contributed by atoms with Gasteiger partial charge in [-0.1, -0.05) is 13.3 Å². The lowest BCUT2D eigenvalue weighted by Gasteiger charge is -2.21. The van der Waals surface area contributed by atoms with E-state index in [1.165, 1.54) is 12.8 Å². The lowest BCUT2D eigenvalue weighted by Crippen LogP contribution is -2.23. The summed E-state index contributed by atoms with van der Waals surface area (Å²) in [6, 6.07) is 5.63. The summed E-state index contributed by atoms with van der Waals surface area (Å²) in [5.74, 6) is 0.758. The first-order valence-corrected chi connectivity index (χ1v) is 6.89. The Labute approximate surface area is 115 Å². The minimum absolute atomic E-state index is 0.00823. The van der Waals surface area contributed by atoms with Gasteiger partial charge in [-0.05, 0) is 30.5 Å². The van der Waals surface area contributed by atoms with Crippen LogP contribution in [0.1, 0.15) is 30.1 Å². The van der Waals surface area contributed by atoms with E-state index in [4.69, 9.17) is 5.73 Å². The van der Waals surface area contributed by atoms with Gasteiger partial charge in [0, 0.05) is 32.7 Å². The quantitative estimate of drug-likeness (QED) is 0.849. The van der Waals surface area contributed by atoms with Crippen molar-refractivity contribution < 1.29 is 4.79 Å². The van der Waals surface area contributed by atoms with Crippen LogP contribution in [0.3, 0.4) is 0 Å². The number of carbonyl (C=O) groups excluding carboxylic acids is 1. The molecule has 1 aromatic carbocycles. The van der Waals surface area contributed by atoms with Gasteiger partial charge in [0.05, 0.1) is 11.4 Å². The highest BCUT2D eigenvalue weighted by Crippen LogP contribution is 2.30. The van der Waals surface area contributed by atoms with Crippen molar-refractivity contribution in [2.75, 3.05) is 37.8 Å². The molecule has 1 atom stereocenters. The van der Waals surface area contributed by atoms with Crippen LogP contribution < -0.4 is 10.6 Å². The van der Waals surface area contributed by atoms with Crippen molar-refractivity contribution in [2.24, 2.45) is 5.92 Å². The van der Waals surface area contributed by atoms with E-state index >= 15 is 0 Å². The molecular weight excluding hydrogens is 238 g/mol. The number of carbonyl (C=O) groups is 1. The molecule has 1 heterocycles. The fourth-order valence-electron chi connectivity index (χ4n) is 2.62. The lowest BCUT2D eigenvalue weighted by molar-refractivity contribution is 0.0827. The van der Waals surface area contributed by atoms with E-state index in [9.17, 15) is 4.79 Å². The number of amides is 1. The van der Waals surface area contributed by atoms with Crippen LogP contribution in [0.4, 0.5) is 11.4 Å². The Balaban J connectivity index is 2.18. The Hall–Kier alpha value is -1.71. The number of nitrogens with zero attached hydrogens (tertiary/aromatic N) is 2. The standard InChI is InChI=1S/C15H23N3O/c1-4-11-7-8-18(10-11)14-6-5-12(9-13(14)16)15(19)17(2)3/h5-6,9,11H,4,7-8,10,16H2,1-3H3. The summed E-state index contributed by atoms with van der Waals surface area (Å²) in [6.07, 6.45) is 2.45. The van der Waals surface area contributed by atoms with Crippen molar-refractivity contribution in [1.82, 2.24) is 4.90 Å². The van der Waals surface area contributed by atoms with Crippen LogP contribution in [0.25, 0.3) is 0 Å². The Kier molecular flexibility index (Phi) is 3.98. The number of rotatable bonds is 3. The van der Waals surface area contributed by atoms with Gasteiger partial charge in [0.1, 0.15) is 0 Å². The molecule has 1 fully saturated rings. The summed E-state index contributed by atoms with van der Waals surface area (Å²) in [5.41, 5.74) is 8.52. The molecule has 1 amide bonds. The average Bonchev–Trinajstić information content (AvgIpc) is 2.86. The Morgan fingerprint density at radius 1 is 1.47 bits per heavy atom. The Morgan fingerprint density at radius 2 is 2.21 bits per heavy atom. The predicted octanol–water partition coefficient (Wildman–Crippen LogP) is 2.21. The monoisotopic (exact) mass is 261 g/mol. The van der Waals surface area contributed by atoms with Gasteiger partial charge >= 0.3 is 0 Å². The SMILES string of the molecule is CCC1CCN(c2ccc(C(=O)N(C)C)cc2N)C1. The molecule has 2 N–H and O–H groups in total. The molecule has 19 heavy (non-hydrogen) atoms.